The first kappa shape index (κ1) is 22.7. The van der Waals surface area contributed by atoms with Crippen molar-refractivity contribution in [1.82, 2.24) is 0 Å². The van der Waals surface area contributed by atoms with E-state index >= 15 is 0 Å². The van der Waals surface area contributed by atoms with Gasteiger partial charge in [-0.25, -0.2) is 12.8 Å². The summed E-state index contributed by atoms with van der Waals surface area (Å²) in [5.74, 6) is -0.605. The Morgan fingerprint density at radius 3 is 2.48 bits per heavy atom. The normalized spacial score (nSPS) is 12.1. The third-order valence-electron chi connectivity index (χ3n) is 3.98. The van der Waals surface area contributed by atoms with E-state index in [0.29, 0.717) is 18.0 Å². The lowest BCUT2D eigenvalue weighted by molar-refractivity contribution is -0.117. The second-order valence-corrected chi connectivity index (χ2v) is 8.46. The fraction of sp³-hybridized carbons (Fsp3) is 0.250. The molecule has 0 aliphatic carbocycles. The van der Waals surface area contributed by atoms with Gasteiger partial charge >= 0.3 is 0 Å². The Balaban J connectivity index is 2.28. The lowest BCUT2D eigenvalue weighted by Gasteiger charge is -2.30. The Hall–Kier alpha value is -2.58. The highest BCUT2D eigenvalue weighted by Gasteiger charge is 2.32. The highest BCUT2D eigenvalue weighted by molar-refractivity contribution is 7.92. The van der Waals surface area contributed by atoms with Crippen molar-refractivity contribution >= 4 is 38.9 Å². The molecular weight excluding hydrogens is 419 g/mol. The number of carbonyl (C=O) groups is 1. The molecule has 0 radical (unpaired) electrons. The summed E-state index contributed by atoms with van der Waals surface area (Å²) in [6.45, 7) is 5.60. The molecule has 1 atom stereocenters. The summed E-state index contributed by atoms with van der Waals surface area (Å²) in [6.07, 6.45) is 2.78. The minimum atomic E-state index is -3.85. The van der Waals surface area contributed by atoms with E-state index in [2.05, 4.69) is 11.9 Å². The molecule has 0 saturated carbocycles. The van der Waals surface area contributed by atoms with E-state index in [0.717, 1.165) is 16.6 Å². The summed E-state index contributed by atoms with van der Waals surface area (Å²) in [7, 11) is -3.85. The van der Waals surface area contributed by atoms with Crippen molar-refractivity contribution in [2.45, 2.75) is 19.4 Å². The van der Waals surface area contributed by atoms with Crippen LogP contribution in [0.25, 0.3) is 0 Å². The molecule has 1 amide bonds. The van der Waals surface area contributed by atoms with E-state index in [1.807, 2.05) is 0 Å². The average Bonchev–Trinajstić information content (AvgIpc) is 2.66. The van der Waals surface area contributed by atoms with Crippen molar-refractivity contribution in [2.24, 2.45) is 0 Å². The van der Waals surface area contributed by atoms with Crippen molar-refractivity contribution in [3.63, 3.8) is 0 Å². The third kappa shape index (κ3) is 5.95. The third-order valence-corrected chi connectivity index (χ3v) is 5.45. The Morgan fingerprint density at radius 1 is 1.31 bits per heavy atom. The van der Waals surface area contributed by atoms with E-state index in [1.54, 1.807) is 37.3 Å². The molecule has 0 aromatic heterocycles. The molecule has 9 heteroatoms. The summed E-state index contributed by atoms with van der Waals surface area (Å²) in [4.78, 5) is 12.8. The van der Waals surface area contributed by atoms with E-state index < -0.39 is 27.8 Å². The number of sulfonamides is 1. The van der Waals surface area contributed by atoms with Crippen LogP contribution in [0.5, 0.6) is 5.75 Å². The van der Waals surface area contributed by atoms with Crippen molar-refractivity contribution < 1.29 is 22.3 Å². The molecule has 6 nitrogen and oxygen atoms in total. The Bertz CT molecular complexity index is 980. The average molecular weight is 441 g/mol. The number of hydrogen-bond donors (Lipinski definition) is 1. The lowest BCUT2D eigenvalue weighted by Crippen LogP contribution is -2.47. The molecule has 1 N–H and O–H groups in total. The number of rotatable bonds is 9. The second-order valence-electron chi connectivity index (χ2n) is 6.19. The predicted octanol–water partition coefficient (Wildman–Crippen LogP) is 4.23. The maximum Gasteiger partial charge on any atom is 0.248 e. The second kappa shape index (κ2) is 9.76. The van der Waals surface area contributed by atoms with Gasteiger partial charge in [0.2, 0.25) is 15.9 Å². The number of anilines is 2. The van der Waals surface area contributed by atoms with Crippen LogP contribution in [0.2, 0.25) is 5.02 Å². The minimum absolute atomic E-state index is 0.106. The fourth-order valence-corrected chi connectivity index (χ4v) is 4.08. The first-order valence-electron chi connectivity index (χ1n) is 8.76. The van der Waals surface area contributed by atoms with Crippen LogP contribution >= 0.6 is 11.6 Å². The Kier molecular flexibility index (Phi) is 7.64. The zero-order valence-electron chi connectivity index (χ0n) is 16.1. The molecular formula is C20H22ClFN2O4S. The number of benzene rings is 2. The highest BCUT2D eigenvalue weighted by atomic mass is 35.5. The largest absolute Gasteiger partial charge is 0.490 e. The van der Waals surface area contributed by atoms with Crippen molar-refractivity contribution in [1.29, 1.82) is 0 Å². The first-order chi connectivity index (χ1) is 13.7. The number of amides is 1. The van der Waals surface area contributed by atoms with Crippen LogP contribution in [-0.2, 0) is 14.8 Å². The molecule has 156 valence electrons. The van der Waals surface area contributed by atoms with Gasteiger partial charge in [-0.3, -0.25) is 9.10 Å². The van der Waals surface area contributed by atoms with Gasteiger partial charge in [-0.15, -0.1) is 0 Å². The van der Waals surface area contributed by atoms with E-state index in [-0.39, 0.29) is 17.1 Å². The summed E-state index contributed by atoms with van der Waals surface area (Å²) in [5.41, 5.74) is 0.582. The summed E-state index contributed by atoms with van der Waals surface area (Å²) >= 11 is 5.80. The van der Waals surface area contributed by atoms with Gasteiger partial charge in [-0.1, -0.05) is 31.2 Å². The van der Waals surface area contributed by atoms with Crippen molar-refractivity contribution in [3.05, 3.63) is 66.0 Å². The number of hydrogen-bond acceptors (Lipinski definition) is 4. The number of nitrogens with one attached hydrogen (secondary N) is 1. The number of halogens is 2. The Morgan fingerprint density at radius 2 is 1.97 bits per heavy atom. The van der Waals surface area contributed by atoms with E-state index in [1.165, 1.54) is 12.1 Å². The molecule has 0 aliphatic rings. The van der Waals surface area contributed by atoms with Crippen LogP contribution < -0.4 is 14.4 Å². The first-order valence-corrected chi connectivity index (χ1v) is 11.0. The predicted molar refractivity (Wildman–Crippen MR) is 114 cm³/mol. The quantitative estimate of drug-likeness (QED) is 0.592. The van der Waals surface area contributed by atoms with Gasteiger partial charge in [0.05, 0.1) is 17.0 Å². The topological polar surface area (TPSA) is 75.7 Å². The SMILES string of the molecule is C=CCOc1ccc(NC(=O)C(CC)N(c2ccc(F)c(Cl)c2)S(C)(=O)=O)cc1. The Labute approximate surface area is 175 Å². The molecule has 0 spiro atoms. The van der Waals surface area contributed by atoms with Crippen LogP contribution in [0.1, 0.15) is 13.3 Å². The van der Waals surface area contributed by atoms with Gasteiger partial charge in [0.15, 0.2) is 0 Å². The molecule has 0 fully saturated rings. The maximum atomic E-state index is 13.5. The summed E-state index contributed by atoms with van der Waals surface area (Å²) < 4.78 is 44.7. The molecule has 0 heterocycles. The zero-order chi connectivity index (χ0) is 21.6. The van der Waals surface area contributed by atoms with Crippen LogP contribution in [0.3, 0.4) is 0 Å². The molecule has 29 heavy (non-hydrogen) atoms. The molecule has 2 rings (SSSR count). The van der Waals surface area contributed by atoms with Crippen molar-refractivity contribution in [3.8, 4) is 5.75 Å². The summed E-state index contributed by atoms with van der Waals surface area (Å²) in [6, 6.07) is 9.09. The molecule has 2 aromatic carbocycles. The van der Waals surface area contributed by atoms with Crippen LogP contribution in [-0.4, -0.2) is 33.2 Å². The molecule has 0 bridgehead atoms. The van der Waals surface area contributed by atoms with Crippen LogP contribution in [0, 0.1) is 5.82 Å². The molecule has 0 saturated heterocycles. The number of carbonyl (C=O) groups excluding carboxylic acids is 1. The minimum Gasteiger partial charge on any atom is -0.490 e. The highest BCUT2D eigenvalue weighted by Crippen LogP contribution is 2.28. The van der Waals surface area contributed by atoms with Gasteiger partial charge < -0.3 is 10.1 Å². The van der Waals surface area contributed by atoms with Gasteiger partial charge in [-0.05, 0) is 48.9 Å². The molecule has 1 unspecified atom stereocenters. The monoisotopic (exact) mass is 440 g/mol. The lowest BCUT2D eigenvalue weighted by atomic mass is 10.1. The molecule has 0 aliphatic heterocycles. The van der Waals surface area contributed by atoms with Crippen LogP contribution in [0.15, 0.2) is 55.1 Å². The zero-order valence-corrected chi connectivity index (χ0v) is 17.6. The van der Waals surface area contributed by atoms with Gasteiger partial charge in [0.25, 0.3) is 0 Å². The standard InChI is InChI=1S/C20H22ClFN2O4S/c1-4-12-28-16-9-6-14(7-10-16)23-20(25)19(5-2)24(29(3,26)27)15-8-11-18(22)17(21)13-15/h4,6-11,13,19H,1,5,12H2,2-3H3,(H,23,25). The van der Waals surface area contributed by atoms with Gasteiger partial charge in [0.1, 0.15) is 24.2 Å². The smallest absolute Gasteiger partial charge is 0.248 e. The van der Waals surface area contributed by atoms with E-state index in [9.17, 15) is 17.6 Å². The van der Waals surface area contributed by atoms with Gasteiger partial charge in [0, 0.05) is 5.69 Å². The van der Waals surface area contributed by atoms with Gasteiger partial charge in [-0.2, -0.15) is 0 Å². The van der Waals surface area contributed by atoms with E-state index in [4.69, 9.17) is 16.3 Å². The number of nitrogens with zero attached hydrogens (tertiary/aromatic N) is 1. The fourth-order valence-electron chi connectivity index (χ4n) is 2.70. The molecule has 2 aromatic rings. The van der Waals surface area contributed by atoms with Crippen LogP contribution in [0.4, 0.5) is 15.8 Å². The van der Waals surface area contributed by atoms with Crippen molar-refractivity contribution in [2.75, 3.05) is 22.5 Å². The summed E-state index contributed by atoms with van der Waals surface area (Å²) in [5, 5.41) is 2.46. The maximum absolute atomic E-state index is 13.5. The number of ether oxygens (including phenoxy) is 1.